The summed E-state index contributed by atoms with van der Waals surface area (Å²) in [6.07, 6.45) is -3.46. The minimum Gasteiger partial charge on any atom is -0.454 e. The lowest BCUT2D eigenvalue weighted by Gasteiger charge is -2.26. The molecule has 1 aromatic rings. The summed E-state index contributed by atoms with van der Waals surface area (Å²) in [5, 5.41) is 9.08. The molecule has 0 radical (unpaired) electrons. The fourth-order valence-electron chi connectivity index (χ4n) is 2.45. The highest BCUT2D eigenvalue weighted by molar-refractivity contribution is 6.23. The average Bonchev–Trinajstić information content (AvgIpc) is 2.85. The second kappa shape index (κ2) is 8.54. The number of nitrogens with zero attached hydrogens (tertiary/aromatic N) is 2. The number of hydrogen-bond acceptors (Lipinski definition) is 7. The van der Waals surface area contributed by atoms with Crippen LogP contribution in [-0.4, -0.2) is 50.5 Å². The Labute approximate surface area is 165 Å². The van der Waals surface area contributed by atoms with Crippen LogP contribution in [0.4, 0.5) is 10.2 Å². The van der Waals surface area contributed by atoms with E-state index < -0.39 is 47.7 Å². The number of aromatic nitrogens is 2. The zero-order valence-electron chi connectivity index (χ0n) is 15.9. The SMILES string of the molecule is CC(C)C(=O)Nc1ccn(C2OC(CO)C(OC(=O)C(C)C)C2(F)Cl)c(=O)n1. The molecule has 2 N–H and O–H groups in total. The first-order valence-electron chi connectivity index (χ1n) is 8.73. The molecular formula is C17H23ClFN3O6. The van der Waals surface area contributed by atoms with Gasteiger partial charge in [-0.15, -0.1) is 0 Å². The van der Waals surface area contributed by atoms with Gasteiger partial charge in [-0.2, -0.15) is 4.98 Å². The lowest BCUT2D eigenvalue weighted by atomic mass is 10.1. The third-order valence-corrected chi connectivity index (χ3v) is 4.50. The maximum absolute atomic E-state index is 15.3. The number of anilines is 1. The van der Waals surface area contributed by atoms with E-state index in [1.54, 1.807) is 27.7 Å². The number of alkyl halides is 2. The van der Waals surface area contributed by atoms with Gasteiger partial charge < -0.3 is 19.9 Å². The molecule has 1 amide bonds. The smallest absolute Gasteiger partial charge is 0.351 e. The van der Waals surface area contributed by atoms with E-state index >= 15 is 4.39 Å². The van der Waals surface area contributed by atoms with E-state index in [2.05, 4.69) is 10.3 Å². The van der Waals surface area contributed by atoms with Gasteiger partial charge in [0.15, 0.2) is 12.3 Å². The molecule has 1 aromatic heterocycles. The number of hydrogen-bond donors (Lipinski definition) is 2. The summed E-state index contributed by atoms with van der Waals surface area (Å²) >= 11 is 5.96. The fourth-order valence-corrected chi connectivity index (χ4v) is 2.79. The molecule has 2 rings (SSSR count). The van der Waals surface area contributed by atoms with Crippen molar-refractivity contribution in [1.29, 1.82) is 0 Å². The first-order valence-corrected chi connectivity index (χ1v) is 9.11. The standard InChI is InChI=1S/C17H23ClFN3O6/c1-8(2)13(24)20-11-5-6-22(16(26)21-11)15-17(18,19)12(10(7-23)27-15)28-14(25)9(3)4/h5-6,8-10,12,15,23H,7H2,1-4H3,(H,20,21,24,26). The van der Waals surface area contributed by atoms with E-state index in [0.717, 1.165) is 10.8 Å². The number of amides is 1. The molecule has 0 aliphatic carbocycles. The predicted molar refractivity (Wildman–Crippen MR) is 97.4 cm³/mol. The quantitative estimate of drug-likeness (QED) is 0.525. The zero-order chi connectivity index (χ0) is 21.2. The van der Waals surface area contributed by atoms with Crippen LogP contribution in [0.1, 0.15) is 33.9 Å². The maximum atomic E-state index is 15.3. The van der Waals surface area contributed by atoms with Crippen LogP contribution in [0.5, 0.6) is 0 Å². The Hall–Kier alpha value is -2.04. The summed E-state index contributed by atoms with van der Waals surface area (Å²) in [7, 11) is 0. The number of rotatable bonds is 6. The molecule has 28 heavy (non-hydrogen) atoms. The number of nitrogens with one attached hydrogen (secondary N) is 1. The molecular weight excluding hydrogens is 397 g/mol. The fraction of sp³-hybridized carbons (Fsp3) is 0.647. The number of aliphatic hydroxyl groups is 1. The Kier molecular flexibility index (Phi) is 6.79. The van der Waals surface area contributed by atoms with Crippen LogP contribution in [0.2, 0.25) is 0 Å². The van der Waals surface area contributed by atoms with Crippen LogP contribution < -0.4 is 11.0 Å². The molecule has 1 saturated heterocycles. The Balaban J connectivity index is 2.30. The van der Waals surface area contributed by atoms with Crippen LogP contribution in [0.15, 0.2) is 17.1 Å². The number of ether oxygens (including phenoxy) is 2. The van der Waals surface area contributed by atoms with Gasteiger partial charge in [0.1, 0.15) is 11.9 Å². The molecule has 0 spiro atoms. The van der Waals surface area contributed by atoms with Crippen LogP contribution in [0, 0.1) is 11.8 Å². The number of esters is 1. The molecule has 0 saturated carbocycles. The van der Waals surface area contributed by atoms with Gasteiger partial charge in [-0.3, -0.25) is 14.2 Å². The van der Waals surface area contributed by atoms with Crippen molar-refractivity contribution < 1.29 is 28.6 Å². The normalized spacial score (nSPS) is 27.2. The highest BCUT2D eigenvalue weighted by atomic mass is 35.5. The van der Waals surface area contributed by atoms with Crippen LogP contribution in [0.25, 0.3) is 0 Å². The molecule has 1 aliphatic rings. The van der Waals surface area contributed by atoms with E-state index in [9.17, 15) is 19.5 Å². The van der Waals surface area contributed by atoms with Crippen molar-refractivity contribution in [2.75, 3.05) is 11.9 Å². The van der Waals surface area contributed by atoms with Crippen LogP contribution in [0.3, 0.4) is 0 Å². The molecule has 11 heteroatoms. The average molecular weight is 420 g/mol. The van der Waals surface area contributed by atoms with Gasteiger partial charge in [-0.25, -0.2) is 9.18 Å². The van der Waals surface area contributed by atoms with E-state index in [1.165, 1.54) is 6.07 Å². The maximum Gasteiger partial charge on any atom is 0.351 e. The molecule has 9 nitrogen and oxygen atoms in total. The Morgan fingerprint density at radius 3 is 2.57 bits per heavy atom. The number of halogens is 2. The Morgan fingerprint density at radius 1 is 1.43 bits per heavy atom. The third kappa shape index (κ3) is 4.50. The first-order chi connectivity index (χ1) is 13.0. The molecule has 1 aliphatic heterocycles. The monoisotopic (exact) mass is 419 g/mol. The molecule has 4 atom stereocenters. The van der Waals surface area contributed by atoms with Crippen molar-refractivity contribution in [3.63, 3.8) is 0 Å². The Morgan fingerprint density at radius 2 is 2.07 bits per heavy atom. The summed E-state index contributed by atoms with van der Waals surface area (Å²) in [6.45, 7) is 5.76. The largest absolute Gasteiger partial charge is 0.454 e. The van der Waals surface area contributed by atoms with Gasteiger partial charge in [0.05, 0.1) is 12.5 Å². The molecule has 2 heterocycles. The van der Waals surface area contributed by atoms with Crippen LogP contribution >= 0.6 is 11.6 Å². The first kappa shape index (κ1) is 22.3. The molecule has 0 bridgehead atoms. The lowest BCUT2D eigenvalue weighted by Crippen LogP contribution is -2.44. The minimum atomic E-state index is -2.83. The van der Waals surface area contributed by atoms with Gasteiger partial charge >= 0.3 is 11.7 Å². The van der Waals surface area contributed by atoms with Crippen molar-refractivity contribution in [3.05, 3.63) is 22.7 Å². The summed E-state index contributed by atoms with van der Waals surface area (Å²) in [4.78, 5) is 39.6. The highest BCUT2D eigenvalue weighted by Crippen LogP contribution is 2.45. The number of aliphatic hydroxyl groups excluding tert-OH is 1. The van der Waals surface area contributed by atoms with Gasteiger partial charge in [0.25, 0.3) is 5.13 Å². The van der Waals surface area contributed by atoms with Crippen molar-refractivity contribution in [1.82, 2.24) is 9.55 Å². The Bertz CT molecular complexity index is 797. The summed E-state index contributed by atoms with van der Waals surface area (Å²) in [6, 6.07) is 1.28. The van der Waals surface area contributed by atoms with Gasteiger partial charge in [0.2, 0.25) is 5.91 Å². The van der Waals surface area contributed by atoms with Crippen molar-refractivity contribution in [2.45, 2.75) is 51.3 Å². The molecule has 4 unspecified atom stereocenters. The minimum absolute atomic E-state index is 0.0153. The van der Waals surface area contributed by atoms with Crippen molar-refractivity contribution in [3.8, 4) is 0 Å². The second-order valence-corrected chi connectivity index (χ2v) is 7.62. The zero-order valence-corrected chi connectivity index (χ0v) is 16.6. The van der Waals surface area contributed by atoms with E-state index in [0.29, 0.717) is 0 Å². The predicted octanol–water partition coefficient (Wildman–Crippen LogP) is 1.20. The number of carbonyl (C=O) groups excluding carboxylic acids is 2. The number of carbonyl (C=O) groups is 2. The highest BCUT2D eigenvalue weighted by Gasteiger charge is 2.60. The summed E-state index contributed by atoms with van der Waals surface area (Å²) in [5.74, 6) is -1.98. The van der Waals surface area contributed by atoms with Crippen molar-refractivity contribution >= 4 is 29.3 Å². The topological polar surface area (TPSA) is 120 Å². The van der Waals surface area contributed by atoms with Gasteiger partial charge in [-0.1, -0.05) is 39.3 Å². The van der Waals surface area contributed by atoms with E-state index in [-0.39, 0.29) is 17.6 Å². The van der Waals surface area contributed by atoms with Crippen molar-refractivity contribution in [2.24, 2.45) is 11.8 Å². The van der Waals surface area contributed by atoms with E-state index in [4.69, 9.17) is 21.1 Å². The summed E-state index contributed by atoms with van der Waals surface area (Å²) < 4.78 is 26.5. The second-order valence-electron chi connectivity index (χ2n) is 7.04. The molecule has 1 fully saturated rings. The summed E-state index contributed by atoms with van der Waals surface area (Å²) in [5.41, 5.74) is -0.943. The van der Waals surface area contributed by atoms with Gasteiger partial charge in [-0.05, 0) is 6.07 Å². The lowest BCUT2D eigenvalue weighted by molar-refractivity contribution is -0.159. The molecule has 156 valence electrons. The van der Waals surface area contributed by atoms with E-state index in [1.807, 2.05) is 0 Å². The van der Waals surface area contributed by atoms with Crippen LogP contribution in [-0.2, 0) is 19.1 Å². The third-order valence-electron chi connectivity index (χ3n) is 4.10. The van der Waals surface area contributed by atoms with Gasteiger partial charge in [0, 0.05) is 12.1 Å². The molecule has 0 aromatic carbocycles.